The van der Waals surface area contributed by atoms with Gasteiger partial charge in [-0.05, 0) is 48.2 Å². The molecule has 29 heavy (non-hydrogen) atoms. The maximum atomic E-state index is 13.3. The third-order valence-electron chi connectivity index (χ3n) is 4.51. The number of nitrogens with one attached hydrogen (secondary N) is 3. The Bertz CT molecular complexity index is 924. The lowest BCUT2D eigenvalue weighted by molar-refractivity contribution is 0.185. The highest BCUT2D eigenvalue weighted by atomic mass is 127. The Hall–Kier alpha value is -2.13. The Kier molecular flexibility index (Phi) is 9.40. The van der Waals surface area contributed by atoms with Gasteiger partial charge in [0.15, 0.2) is 5.96 Å². The first-order valence-corrected chi connectivity index (χ1v) is 9.54. The number of hydrogen-bond acceptors (Lipinski definition) is 2. The number of methoxy groups -OCH3 is 1. The van der Waals surface area contributed by atoms with E-state index >= 15 is 0 Å². The molecule has 1 heterocycles. The summed E-state index contributed by atoms with van der Waals surface area (Å²) >= 11 is 0. The van der Waals surface area contributed by atoms with E-state index < -0.39 is 0 Å². The second-order valence-corrected chi connectivity index (χ2v) is 6.63. The van der Waals surface area contributed by atoms with Crippen LogP contribution in [0.5, 0.6) is 0 Å². The number of benzene rings is 2. The number of ether oxygens (including phenoxy) is 1. The summed E-state index contributed by atoms with van der Waals surface area (Å²) < 4.78 is 18.4. The highest BCUT2D eigenvalue weighted by Crippen LogP contribution is 2.19. The SMILES string of the molecule is CCNC(=NCc1ccc(COC)cc1)NCCc1c[nH]c2cc(F)ccc12.I. The largest absolute Gasteiger partial charge is 0.380 e. The molecule has 0 unspecified atom stereocenters. The molecule has 5 nitrogen and oxygen atoms in total. The second-order valence-electron chi connectivity index (χ2n) is 6.63. The molecule has 7 heteroatoms. The van der Waals surface area contributed by atoms with E-state index in [1.807, 2.05) is 19.2 Å². The van der Waals surface area contributed by atoms with E-state index in [2.05, 4.69) is 44.9 Å². The molecule has 0 radical (unpaired) electrons. The average Bonchev–Trinajstić information content (AvgIpc) is 3.09. The quantitative estimate of drug-likeness (QED) is 0.240. The first-order valence-electron chi connectivity index (χ1n) is 9.54. The molecular formula is C22H28FIN4O. The van der Waals surface area contributed by atoms with Gasteiger partial charge in [0.25, 0.3) is 0 Å². The molecule has 156 valence electrons. The third-order valence-corrected chi connectivity index (χ3v) is 4.51. The molecule has 3 aromatic rings. The second kappa shape index (κ2) is 11.8. The predicted octanol–water partition coefficient (Wildman–Crippen LogP) is 4.37. The molecule has 0 aliphatic rings. The van der Waals surface area contributed by atoms with Gasteiger partial charge in [0.2, 0.25) is 0 Å². The van der Waals surface area contributed by atoms with Crippen LogP contribution in [-0.4, -0.2) is 31.1 Å². The van der Waals surface area contributed by atoms with Crippen molar-refractivity contribution in [3.63, 3.8) is 0 Å². The molecule has 0 saturated heterocycles. The summed E-state index contributed by atoms with van der Waals surface area (Å²) in [5, 5.41) is 7.70. The van der Waals surface area contributed by atoms with Crippen LogP contribution >= 0.6 is 24.0 Å². The molecule has 0 spiro atoms. The van der Waals surface area contributed by atoms with Crippen LogP contribution in [-0.2, 0) is 24.3 Å². The zero-order valence-corrected chi connectivity index (χ0v) is 19.1. The smallest absolute Gasteiger partial charge is 0.191 e. The minimum Gasteiger partial charge on any atom is -0.380 e. The molecule has 0 saturated carbocycles. The Morgan fingerprint density at radius 2 is 1.86 bits per heavy atom. The summed E-state index contributed by atoms with van der Waals surface area (Å²) in [7, 11) is 1.70. The number of halogens is 2. The van der Waals surface area contributed by atoms with E-state index in [-0.39, 0.29) is 29.8 Å². The minimum absolute atomic E-state index is 0. The molecule has 0 bridgehead atoms. The number of aromatic nitrogens is 1. The zero-order valence-electron chi connectivity index (χ0n) is 16.8. The lowest BCUT2D eigenvalue weighted by Gasteiger charge is -2.11. The molecule has 1 aromatic heterocycles. The first kappa shape index (κ1) is 23.2. The van der Waals surface area contributed by atoms with E-state index in [1.165, 1.54) is 12.1 Å². The van der Waals surface area contributed by atoms with Crippen LogP contribution in [0.4, 0.5) is 4.39 Å². The fourth-order valence-corrected chi connectivity index (χ4v) is 3.10. The normalized spacial score (nSPS) is 11.3. The van der Waals surface area contributed by atoms with Gasteiger partial charge in [0, 0.05) is 37.3 Å². The lowest BCUT2D eigenvalue weighted by atomic mass is 10.1. The lowest BCUT2D eigenvalue weighted by Crippen LogP contribution is -2.38. The number of H-pyrrole nitrogens is 1. The van der Waals surface area contributed by atoms with Crippen LogP contribution in [0.15, 0.2) is 53.7 Å². The summed E-state index contributed by atoms with van der Waals surface area (Å²) in [6, 6.07) is 13.1. The van der Waals surface area contributed by atoms with E-state index in [0.717, 1.165) is 53.1 Å². The average molecular weight is 510 g/mol. The summed E-state index contributed by atoms with van der Waals surface area (Å²) in [6.45, 7) is 4.81. The van der Waals surface area contributed by atoms with Gasteiger partial charge in [0.1, 0.15) is 5.82 Å². The Morgan fingerprint density at radius 3 is 2.59 bits per heavy atom. The van der Waals surface area contributed by atoms with Crippen molar-refractivity contribution in [2.45, 2.75) is 26.5 Å². The summed E-state index contributed by atoms with van der Waals surface area (Å²) in [4.78, 5) is 7.79. The van der Waals surface area contributed by atoms with E-state index in [0.29, 0.717) is 13.2 Å². The van der Waals surface area contributed by atoms with Crippen molar-refractivity contribution in [3.8, 4) is 0 Å². The highest BCUT2D eigenvalue weighted by Gasteiger charge is 2.05. The van der Waals surface area contributed by atoms with Crippen LogP contribution < -0.4 is 10.6 Å². The van der Waals surface area contributed by atoms with Gasteiger partial charge in [0.05, 0.1) is 13.2 Å². The van der Waals surface area contributed by atoms with Gasteiger partial charge >= 0.3 is 0 Å². The fourth-order valence-electron chi connectivity index (χ4n) is 3.10. The number of hydrogen-bond donors (Lipinski definition) is 3. The molecule has 0 fully saturated rings. The molecule has 0 amide bonds. The molecule has 3 N–H and O–H groups in total. The van der Waals surface area contributed by atoms with Gasteiger partial charge in [-0.3, -0.25) is 0 Å². The van der Waals surface area contributed by atoms with Crippen molar-refractivity contribution in [3.05, 3.63) is 71.2 Å². The number of rotatable bonds is 8. The van der Waals surface area contributed by atoms with Gasteiger partial charge in [-0.1, -0.05) is 24.3 Å². The summed E-state index contributed by atoms with van der Waals surface area (Å²) in [5.41, 5.74) is 4.29. The van der Waals surface area contributed by atoms with Crippen molar-refractivity contribution in [1.29, 1.82) is 0 Å². The third kappa shape index (κ3) is 6.71. The minimum atomic E-state index is -0.226. The molecular weight excluding hydrogens is 482 g/mol. The maximum absolute atomic E-state index is 13.3. The summed E-state index contributed by atoms with van der Waals surface area (Å²) in [5.74, 6) is 0.560. The van der Waals surface area contributed by atoms with E-state index in [4.69, 9.17) is 4.74 Å². The number of fused-ring (bicyclic) bond motifs is 1. The summed E-state index contributed by atoms with van der Waals surface area (Å²) in [6.07, 6.45) is 2.76. The van der Waals surface area contributed by atoms with Gasteiger partial charge < -0.3 is 20.4 Å². The van der Waals surface area contributed by atoms with Crippen molar-refractivity contribution in [2.75, 3.05) is 20.2 Å². The number of nitrogens with zero attached hydrogens (tertiary/aromatic N) is 1. The highest BCUT2D eigenvalue weighted by molar-refractivity contribution is 14.0. The van der Waals surface area contributed by atoms with Crippen molar-refractivity contribution in [1.82, 2.24) is 15.6 Å². The van der Waals surface area contributed by atoms with Crippen LogP contribution in [0, 0.1) is 5.82 Å². The standard InChI is InChI=1S/C22H27FN4O.HI/c1-3-24-22(27-13-16-4-6-17(7-5-16)15-28-2)25-11-10-18-14-26-21-12-19(23)8-9-20(18)21;/h4-9,12,14,26H,3,10-11,13,15H2,1-2H3,(H2,24,25,27);1H. The number of aliphatic imine (C=N–C) groups is 1. The molecule has 3 rings (SSSR count). The Labute approximate surface area is 188 Å². The molecule has 0 aliphatic carbocycles. The van der Waals surface area contributed by atoms with Crippen molar-refractivity contribution < 1.29 is 9.13 Å². The number of guanidine groups is 1. The monoisotopic (exact) mass is 510 g/mol. The van der Waals surface area contributed by atoms with Crippen LogP contribution in [0.1, 0.15) is 23.6 Å². The number of aromatic amines is 1. The van der Waals surface area contributed by atoms with Crippen molar-refractivity contribution >= 4 is 40.8 Å². The predicted molar refractivity (Wildman–Crippen MR) is 127 cm³/mol. The van der Waals surface area contributed by atoms with Crippen LogP contribution in [0.2, 0.25) is 0 Å². The van der Waals surface area contributed by atoms with Gasteiger partial charge in [-0.15, -0.1) is 24.0 Å². The molecule has 2 aromatic carbocycles. The van der Waals surface area contributed by atoms with Crippen molar-refractivity contribution in [2.24, 2.45) is 4.99 Å². The molecule has 0 atom stereocenters. The zero-order chi connectivity index (χ0) is 19.8. The van der Waals surface area contributed by atoms with Gasteiger partial charge in [-0.25, -0.2) is 9.38 Å². The first-order chi connectivity index (χ1) is 13.7. The van der Waals surface area contributed by atoms with Crippen LogP contribution in [0.25, 0.3) is 10.9 Å². The molecule has 0 aliphatic heterocycles. The Balaban J connectivity index is 0.00000300. The maximum Gasteiger partial charge on any atom is 0.191 e. The topological polar surface area (TPSA) is 61.4 Å². The van der Waals surface area contributed by atoms with E-state index in [1.54, 1.807) is 7.11 Å². The van der Waals surface area contributed by atoms with E-state index in [9.17, 15) is 4.39 Å². The Morgan fingerprint density at radius 1 is 1.10 bits per heavy atom. The van der Waals surface area contributed by atoms with Crippen LogP contribution in [0.3, 0.4) is 0 Å². The van der Waals surface area contributed by atoms with Gasteiger partial charge in [-0.2, -0.15) is 0 Å². The fraction of sp³-hybridized carbons (Fsp3) is 0.318.